The maximum absolute atomic E-state index is 13.6. The second kappa shape index (κ2) is 10.6. The van der Waals surface area contributed by atoms with Crippen molar-refractivity contribution >= 4 is 39.3 Å². The van der Waals surface area contributed by atoms with E-state index in [9.17, 15) is 19.5 Å². The Morgan fingerprint density at radius 1 is 1.27 bits per heavy atom. The van der Waals surface area contributed by atoms with Crippen molar-refractivity contribution in [1.29, 1.82) is 0 Å². The summed E-state index contributed by atoms with van der Waals surface area (Å²) < 4.78 is 12.4. The number of nitrogens with two attached hydrogens (primary N) is 1. The van der Waals surface area contributed by atoms with Crippen molar-refractivity contribution in [2.75, 3.05) is 6.54 Å². The number of oxazole rings is 1. The van der Waals surface area contributed by atoms with E-state index < -0.39 is 35.6 Å². The minimum atomic E-state index is -1.37. The van der Waals surface area contributed by atoms with Gasteiger partial charge in [-0.1, -0.05) is 25.0 Å². The SMILES string of the molecule is N[C@H]1CCCCC/C=C\[C@@H]2C[C@@]2(C(=O)O)NC(=O)[C@@H]2C[C@@H](Oc3nc(-c4ncco4)nc4ccsc34)CN2C1=O. The largest absolute Gasteiger partial charge is 0.479 e. The van der Waals surface area contributed by atoms with Crippen LogP contribution in [0.25, 0.3) is 21.9 Å². The summed E-state index contributed by atoms with van der Waals surface area (Å²) in [5.41, 5.74) is 5.58. The molecule has 13 heteroatoms. The Morgan fingerprint density at radius 2 is 2.15 bits per heavy atom. The summed E-state index contributed by atoms with van der Waals surface area (Å²) in [5.74, 6) is -1.45. The smallest absolute Gasteiger partial charge is 0.330 e. The van der Waals surface area contributed by atoms with Gasteiger partial charge in [0.15, 0.2) is 0 Å². The monoisotopic (exact) mass is 566 g/mol. The van der Waals surface area contributed by atoms with Crippen molar-refractivity contribution in [2.24, 2.45) is 11.7 Å². The number of fused-ring (bicyclic) bond motifs is 3. The zero-order valence-corrected chi connectivity index (χ0v) is 22.5. The molecule has 4 N–H and O–H groups in total. The van der Waals surface area contributed by atoms with Crippen LogP contribution in [0, 0.1) is 5.92 Å². The van der Waals surface area contributed by atoms with Crippen LogP contribution in [0.5, 0.6) is 5.88 Å². The van der Waals surface area contributed by atoms with Crippen LogP contribution in [0.2, 0.25) is 0 Å². The molecule has 2 fully saturated rings. The molecular formula is C27H30N6O6S. The Hall–Kier alpha value is -3.84. The van der Waals surface area contributed by atoms with Crippen molar-refractivity contribution < 1.29 is 28.6 Å². The fraction of sp³-hybridized carbons (Fsp3) is 0.481. The van der Waals surface area contributed by atoms with Gasteiger partial charge in [-0.15, -0.1) is 11.3 Å². The van der Waals surface area contributed by atoms with Crippen molar-refractivity contribution in [3.63, 3.8) is 0 Å². The summed E-state index contributed by atoms with van der Waals surface area (Å²) in [6.45, 7) is 0.110. The van der Waals surface area contributed by atoms with Crippen molar-refractivity contribution in [2.45, 2.75) is 68.7 Å². The van der Waals surface area contributed by atoms with Gasteiger partial charge in [0.05, 0.1) is 24.3 Å². The number of amides is 2. The van der Waals surface area contributed by atoms with Gasteiger partial charge in [-0.05, 0) is 37.1 Å². The maximum atomic E-state index is 13.6. The number of aliphatic carboxylic acids is 1. The summed E-state index contributed by atoms with van der Waals surface area (Å²) in [6, 6.07) is 0.139. The zero-order chi connectivity index (χ0) is 27.9. The number of rotatable bonds is 4. The van der Waals surface area contributed by atoms with Crippen LogP contribution in [-0.4, -0.2) is 73.0 Å². The number of carbonyl (C=O) groups excluding carboxylic acids is 2. The van der Waals surface area contributed by atoms with Crippen LogP contribution in [0.3, 0.4) is 0 Å². The summed E-state index contributed by atoms with van der Waals surface area (Å²) in [6.07, 6.45) is 10.6. The zero-order valence-electron chi connectivity index (χ0n) is 21.7. The number of carboxylic acid groups (broad SMARTS) is 1. The van der Waals surface area contributed by atoms with Crippen LogP contribution in [0.15, 0.2) is 40.5 Å². The van der Waals surface area contributed by atoms with E-state index in [-0.39, 0.29) is 36.5 Å². The highest BCUT2D eigenvalue weighted by Crippen LogP contribution is 2.45. The summed E-state index contributed by atoms with van der Waals surface area (Å²) >= 11 is 1.41. The average molecular weight is 567 g/mol. The quantitative estimate of drug-likeness (QED) is 0.398. The lowest BCUT2D eigenvalue weighted by atomic mass is 10.1. The van der Waals surface area contributed by atoms with Gasteiger partial charge in [0.1, 0.15) is 28.6 Å². The number of nitrogens with zero attached hydrogens (tertiary/aromatic N) is 4. The molecule has 0 bridgehead atoms. The number of carbonyl (C=O) groups is 3. The summed E-state index contributed by atoms with van der Waals surface area (Å²) in [7, 11) is 0. The predicted molar refractivity (Wildman–Crippen MR) is 144 cm³/mol. The summed E-state index contributed by atoms with van der Waals surface area (Å²) in [5, 5.41) is 14.6. The topological polar surface area (TPSA) is 174 Å². The van der Waals surface area contributed by atoms with Gasteiger partial charge in [0, 0.05) is 12.3 Å². The van der Waals surface area contributed by atoms with Crippen molar-refractivity contribution in [1.82, 2.24) is 25.2 Å². The molecule has 0 spiro atoms. The minimum Gasteiger partial charge on any atom is -0.479 e. The second-order valence-electron chi connectivity index (χ2n) is 10.6. The Kier molecular flexibility index (Phi) is 7.00. The van der Waals surface area contributed by atoms with E-state index in [4.69, 9.17) is 14.9 Å². The highest BCUT2D eigenvalue weighted by Gasteiger charge is 2.61. The number of nitrogens with one attached hydrogen (secondary N) is 1. The van der Waals surface area contributed by atoms with Crippen LogP contribution in [0.4, 0.5) is 0 Å². The first-order valence-corrected chi connectivity index (χ1v) is 14.3. The molecule has 40 heavy (non-hydrogen) atoms. The van der Waals surface area contributed by atoms with Gasteiger partial charge in [0.25, 0.3) is 5.89 Å². The van der Waals surface area contributed by atoms with Crippen molar-refractivity contribution in [3.8, 4) is 17.6 Å². The van der Waals surface area contributed by atoms with E-state index in [0.29, 0.717) is 28.9 Å². The Labute approximate surface area is 233 Å². The Bertz CT molecular complexity index is 1460. The summed E-state index contributed by atoms with van der Waals surface area (Å²) in [4.78, 5) is 53.9. The lowest BCUT2D eigenvalue weighted by molar-refractivity contribution is -0.145. The lowest BCUT2D eigenvalue weighted by Gasteiger charge is -2.27. The van der Waals surface area contributed by atoms with E-state index in [0.717, 1.165) is 25.7 Å². The maximum Gasteiger partial charge on any atom is 0.330 e. The third-order valence-electron chi connectivity index (χ3n) is 7.84. The molecule has 1 aliphatic carbocycles. The molecule has 5 heterocycles. The number of aromatic nitrogens is 3. The van der Waals surface area contributed by atoms with Gasteiger partial charge in [0.2, 0.25) is 23.5 Å². The fourth-order valence-corrected chi connectivity index (χ4v) is 6.31. The third-order valence-corrected chi connectivity index (χ3v) is 8.73. The second-order valence-corrected chi connectivity index (χ2v) is 11.5. The number of thiophene rings is 1. The molecule has 2 amide bonds. The first-order valence-electron chi connectivity index (χ1n) is 13.5. The molecule has 1 saturated carbocycles. The van der Waals surface area contributed by atoms with E-state index in [1.807, 2.05) is 23.6 Å². The van der Waals surface area contributed by atoms with Crippen molar-refractivity contribution in [3.05, 3.63) is 36.1 Å². The molecule has 1 saturated heterocycles. The molecule has 5 atom stereocenters. The first kappa shape index (κ1) is 26.4. The molecule has 3 aromatic rings. The average Bonchev–Trinajstić information content (AvgIpc) is 3.41. The van der Waals surface area contributed by atoms with Gasteiger partial charge in [-0.3, -0.25) is 9.59 Å². The van der Waals surface area contributed by atoms with Gasteiger partial charge in [-0.25, -0.2) is 14.8 Å². The normalized spacial score (nSPS) is 30.1. The molecule has 3 aliphatic rings. The molecule has 0 unspecified atom stereocenters. The standard InChI is InChI=1S/C27H30N6O6S/c28-17-7-5-3-1-2-4-6-15-13-27(15,26(36)37)32-22(34)19-12-16(14-33(19)25(17)35)39-23-20-18(8-11-40-20)30-21(31-23)24-29-9-10-38-24/h4,6,8-11,15-17,19H,1-3,5,7,12-14,28H2,(H,32,34)(H,36,37)/b6-4-/t15-,16-,17+,19+,27-/m1/s1. The molecule has 0 radical (unpaired) electrons. The van der Waals surface area contributed by atoms with E-state index in [1.54, 1.807) is 0 Å². The third kappa shape index (κ3) is 4.94. The Morgan fingerprint density at radius 3 is 2.95 bits per heavy atom. The van der Waals surface area contributed by atoms with Crippen LogP contribution < -0.4 is 15.8 Å². The van der Waals surface area contributed by atoms with E-state index >= 15 is 0 Å². The van der Waals surface area contributed by atoms with Crippen LogP contribution in [0.1, 0.15) is 44.9 Å². The molecule has 210 valence electrons. The number of hydrogen-bond donors (Lipinski definition) is 3. The molecule has 12 nitrogen and oxygen atoms in total. The molecule has 2 aliphatic heterocycles. The predicted octanol–water partition coefficient (Wildman–Crippen LogP) is 2.50. The van der Waals surface area contributed by atoms with Crippen LogP contribution in [-0.2, 0) is 14.4 Å². The number of ether oxygens (including phenoxy) is 1. The fourth-order valence-electron chi connectivity index (χ4n) is 5.55. The van der Waals surface area contributed by atoms with Crippen LogP contribution >= 0.6 is 11.3 Å². The highest BCUT2D eigenvalue weighted by molar-refractivity contribution is 7.17. The highest BCUT2D eigenvalue weighted by atomic mass is 32.1. The number of hydrogen-bond acceptors (Lipinski definition) is 10. The van der Waals surface area contributed by atoms with Gasteiger partial charge < -0.3 is 30.2 Å². The van der Waals surface area contributed by atoms with Gasteiger partial charge in [-0.2, -0.15) is 4.98 Å². The van der Waals surface area contributed by atoms with E-state index in [1.165, 1.54) is 28.7 Å². The van der Waals surface area contributed by atoms with Gasteiger partial charge >= 0.3 is 5.97 Å². The number of allylic oxidation sites excluding steroid dienone is 1. The van der Waals surface area contributed by atoms with E-state index in [2.05, 4.69) is 20.3 Å². The molecule has 0 aromatic carbocycles. The molecule has 6 rings (SSSR count). The lowest BCUT2D eigenvalue weighted by Crippen LogP contribution is -2.55. The Balaban J connectivity index is 1.28. The minimum absolute atomic E-state index is 0.110. The molecule has 3 aromatic heterocycles. The molecular weight excluding hydrogens is 536 g/mol. The first-order chi connectivity index (χ1) is 19.4. The number of carboxylic acids is 1.